The number of guanidine groups is 1. The molecule has 0 amide bonds. The molecule has 0 atom stereocenters. The molecule has 0 saturated heterocycles. The summed E-state index contributed by atoms with van der Waals surface area (Å²) in [7, 11) is 1.99. The molecular formula is C20H32IN5O. The number of rotatable bonds is 9. The number of nitrogens with zero attached hydrogens (tertiary/aromatic N) is 3. The van der Waals surface area contributed by atoms with Crippen LogP contribution >= 0.6 is 24.0 Å². The maximum atomic E-state index is 5.70. The van der Waals surface area contributed by atoms with Crippen LogP contribution < -0.4 is 15.4 Å². The van der Waals surface area contributed by atoms with E-state index in [0.717, 1.165) is 49.9 Å². The molecule has 0 radical (unpaired) electrons. The quantitative estimate of drug-likeness (QED) is 0.248. The smallest absolute Gasteiger partial charge is 0.191 e. The van der Waals surface area contributed by atoms with E-state index in [1.807, 2.05) is 42.1 Å². The van der Waals surface area contributed by atoms with Gasteiger partial charge in [-0.3, -0.25) is 9.67 Å². The SMILES string of the molecule is CCNC(=NCCCOc1ccccc1)NCCc1c(C)nn(C)c1C.I. The zero-order chi connectivity index (χ0) is 18.8. The third-order valence-corrected chi connectivity index (χ3v) is 4.25. The Kier molecular flexibility index (Phi) is 10.8. The Balaban J connectivity index is 0.00000364. The second-order valence-corrected chi connectivity index (χ2v) is 6.23. The van der Waals surface area contributed by atoms with Crippen LogP contribution in [0.3, 0.4) is 0 Å². The molecule has 27 heavy (non-hydrogen) atoms. The van der Waals surface area contributed by atoms with Crippen LogP contribution in [0.1, 0.15) is 30.3 Å². The summed E-state index contributed by atoms with van der Waals surface area (Å²) in [6, 6.07) is 9.88. The van der Waals surface area contributed by atoms with Crippen LogP contribution in [0.4, 0.5) is 0 Å². The van der Waals surface area contributed by atoms with Crippen LogP contribution in [0.5, 0.6) is 5.75 Å². The van der Waals surface area contributed by atoms with Gasteiger partial charge in [-0.05, 0) is 44.9 Å². The maximum absolute atomic E-state index is 5.70. The first-order valence-electron chi connectivity index (χ1n) is 9.31. The fourth-order valence-corrected chi connectivity index (χ4v) is 2.79. The lowest BCUT2D eigenvalue weighted by atomic mass is 10.1. The van der Waals surface area contributed by atoms with Gasteiger partial charge in [0.15, 0.2) is 5.96 Å². The third-order valence-electron chi connectivity index (χ3n) is 4.25. The average molecular weight is 485 g/mol. The van der Waals surface area contributed by atoms with Crippen molar-refractivity contribution in [3.05, 3.63) is 47.3 Å². The minimum absolute atomic E-state index is 0. The predicted molar refractivity (Wildman–Crippen MR) is 122 cm³/mol. The van der Waals surface area contributed by atoms with Gasteiger partial charge in [0, 0.05) is 38.8 Å². The summed E-state index contributed by atoms with van der Waals surface area (Å²) in [4.78, 5) is 4.62. The fraction of sp³-hybridized carbons (Fsp3) is 0.500. The normalized spacial score (nSPS) is 11.0. The summed E-state index contributed by atoms with van der Waals surface area (Å²) >= 11 is 0. The molecule has 7 heteroatoms. The molecule has 1 aromatic heterocycles. The first-order chi connectivity index (χ1) is 12.6. The molecule has 2 N–H and O–H groups in total. The van der Waals surface area contributed by atoms with Crippen molar-refractivity contribution in [2.45, 2.75) is 33.6 Å². The second-order valence-electron chi connectivity index (χ2n) is 6.23. The van der Waals surface area contributed by atoms with E-state index in [4.69, 9.17) is 4.74 Å². The summed E-state index contributed by atoms with van der Waals surface area (Å²) in [6.07, 6.45) is 1.82. The summed E-state index contributed by atoms with van der Waals surface area (Å²) in [5.74, 6) is 1.76. The molecule has 0 spiro atoms. The zero-order valence-corrected chi connectivity index (χ0v) is 19.1. The summed E-state index contributed by atoms with van der Waals surface area (Å²) in [6.45, 7) is 9.33. The van der Waals surface area contributed by atoms with E-state index >= 15 is 0 Å². The lowest BCUT2D eigenvalue weighted by Crippen LogP contribution is -2.38. The van der Waals surface area contributed by atoms with Crippen molar-refractivity contribution in [2.24, 2.45) is 12.0 Å². The van der Waals surface area contributed by atoms with Gasteiger partial charge in [0.2, 0.25) is 0 Å². The Morgan fingerprint density at radius 3 is 2.56 bits per heavy atom. The van der Waals surface area contributed by atoms with Gasteiger partial charge in [-0.1, -0.05) is 18.2 Å². The van der Waals surface area contributed by atoms with Crippen LogP contribution in [0.15, 0.2) is 35.3 Å². The fourth-order valence-electron chi connectivity index (χ4n) is 2.79. The van der Waals surface area contributed by atoms with Gasteiger partial charge < -0.3 is 15.4 Å². The molecule has 0 aliphatic carbocycles. The zero-order valence-electron chi connectivity index (χ0n) is 16.8. The lowest BCUT2D eigenvalue weighted by molar-refractivity contribution is 0.313. The molecule has 2 rings (SSSR count). The highest BCUT2D eigenvalue weighted by molar-refractivity contribution is 14.0. The van der Waals surface area contributed by atoms with E-state index in [0.29, 0.717) is 6.61 Å². The van der Waals surface area contributed by atoms with Crippen molar-refractivity contribution in [1.82, 2.24) is 20.4 Å². The van der Waals surface area contributed by atoms with Gasteiger partial charge in [0.1, 0.15) is 5.75 Å². The van der Waals surface area contributed by atoms with Crippen LogP contribution in [-0.2, 0) is 13.5 Å². The highest BCUT2D eigenvalue weighted by atomic mass is 127. The average Bonchev–Trinajstić information content (AvgIpc) is 2.88. The van der Waals surface area contributed by atoms with Crippen LogP contribution in [0.2, 0.25) is 0 Å². The standard InChI is InChI=1S/C20H31N5O.HI/c1-5-21-20(22-13-9-15-26-18-10-7-6-8-11-18)23-14-12-19-16(2)24-25(4)17(19)3;/h6-8,10-11H,5,9,12-15H2,1-4H3,(H2,21,22,23);1H. The Morgan fingerprint density at radius 2 is 1.93 bits per heavy atom. The molecular weight excluding hydrogens is 453 g/mol. The molecule has 0 saturated carbocycles. The Bertz CT molecular complexity index is 700. The van der Waals surface area contributed by atoms with E-state index < -0.39 is 0 Å². The van der Waals surface area contributed by atoms with E-state index in [-0.39, 0.29) is 24.0 Å². The first kappa shape index (κ1) is 23.3. The highest BCUT2D eigenvalue weighted by Gasteiger charge is 2.08. The molecule has 0 fully saturated rings. The van der Waals surface area contributed by atoms with Crippen molar-refractivity contribution in [3.63, 3.8) is 0 Å². The van der Waals surface area contributed by atoms with Crippen molar-refractivity contribution in [3.8, 4) is 5.75 Å². The van der Waals surface area contributed by atoms with Gasteiger partial charge in [-0.25, -0.2) is 0 Å². The number of halogens is 1. The Morgan fingerprint density at radius 1 is 1.19 bits per heavy atom. The number of benzene rings is 1. The molecule has 0 aliphatic rings. The molecule has 150 valence electrons. The number of hydrogen-bond acceptors (Lipinski definition) is 3. The molecule has 1 heterocycles. The van der Waals surface area contributed by atoms with Crippen molar-refractivity contribution < 1.29 is 4.74 Å². The lowest BCUT2D eigenvalue weighted by Gasteiger charge is -2.11. The van der Waals surface area contributed by atoms with Crippen molar-refractivity contribution >= 4 is 29.9 Å². The van der Waals surface area contributed by atoms with E-state index in [1.54, 1.807) is 0 Å². The first-order valence-corrected chi connectivity index (χ1v) is 9.31. The van der Waals surface area contributed by atoms with Crippen molar-refractivity contribution in [1.29, 1.82) is 0 Å². The number of para-hydroxylation sites is 1. The molecule has 1 aromatic carbocycles. The third kappa shape index (κ3) is 7.78. The Labute approximate surface area is 179 Å². The van der Waals surface area contributed by atoms with E-state index in [2.05, 4.69) is 41.5 Å². The number of nitrogens with one attached hydrogen (secondary N) is 2. The molecule has 0 unspecified atom stereocenters. The number of aromatic nitrogens is 2. The van der Waals surface area contributed by atoms with E-state index in [1.165, 1.54) is 11.3 Å². The Hall–Kier alpha value is -1.77. The van der Waals surface area contributed by atoms with Crippen LogP contribution in [-0.4, -0.2) is 42.0 Å². The number of hydrogen-bond donors (Lipinski definition) is 2. The van der Waals surface area contributed by atoms with Crippen LogP contribution in [0.25, 0.3) is 0 Å². The number of aryl methyl sites for hydroxylation is 2. The van der Waals surface area contributed by atoms with E-state index in [9.17, 15) is 0 Å². The number of aliphatic imine (C=N–C) groups is 1. The molecule has 6 nitrogen and oxygen atoms in total. The maximum Gasteiger partial charge on any atom is 0.191 e. The van der Waals surface area contributed by atoms with Gasteiger partial charge in [0.05, 0.1) is 12.3 Å². The summed E-state index contributed by atoms with van der Waals surface area (Å²) in [5, 5.41) is 11.2. The topological polar surface area (TPSA) is 63.5 Å². The second kappa shape index (κ2) is 12.6. The van der Waals surface area contributed by atoms with Crippen LogP contribution in [0, 0.1) is 13.8 Å². The predicted octanol–water partition coefficient (Wildman–Crippen LogP) is 3.22. The monoisotopic (exact) mass is 485 g/mol. The van der Waals surface area contributed by atoms with Gasteiger partial charge in [-0.2, -0.15) is 5.10 Å². The molecule has 0 bridgehead atoms. The largest absolute Gasteiger partial charge is 0.494 e. The number of ether oxygens (including phenoxy) is 1. The minimum atomic E-state index is 0. The summed E-state index contributed by atoms with van der Waals surface area (Å²) in [5.41, 5.74) is 3.64. The van der Waals surface area contributed by atoms with Gasteiger partial charge in [0.25, 0.3) is 0 Å². The van der Waals surface area contributed by atoms with Gasteiger partial charge in [-0.15, -0.1) is 24.0 Å². The summed E-state index contributed by atoms with van der Waals surface area (Å²) < 4.78 is 7.64. The van der Waals surface area contributed by atoms with Crippen molar-refractivity contribution in [2.75, 3.05) is 26.2 Å². The van der Waals surface area contributed by atoms with Gasteiger partial charge >= 0.3 is 0 Å². The molecule has 0 aliphatic heterocycles. The minimum Gasteiger partial charge on any atom is -0.494 e. The highest BCUT2D eigenvalue weighted by Crippen LogP contribution is 2.11. The molecule has 2 aromatic rings.